The highest BCUT2D eigenvalue weighted by Crippen LogP contribution is 2.31. The van der Waals surface area contributed by atoms with Gasteiger partial charge in [-0.1, -0.05) is 24.3 Å². The van der Waals surface area contributed by atoms with Gasteiger partial charge in [0.05, 0.1) is 28.3 Å². The Bertz CT molecular complexity index is 1290. The number of nitrogens with zero attached hydrogens (tertiary/aromatic N) is 2. The van der Waals surface area contributed by atoms with Crippen LogP contribution < -0.4 is 3.79 Å². The third-order valence-electron chi connectivity index (χ3n) is 5.11. The maximum atomic E-state index is 13.6. The van der Waals surface area contributed by atoms with Crippen LogP contribution in [0, 0.1) is 11.6 Å². The van der Waals surface area contributed by atoms with E-state index in [0.717, 1.165) is 0 Å². The van der Waals surface area contributed by atoms with Gasteiger partial charge in [0.25, 0.3) is 0 Å². The van der Waals surface area contributed by atoms with Crippen molar-refractivity contribution in [3.8, 4) is 34.0 Å². The van der Waals surface area contributed by atoms with E-state index in [-0.39, 0.29) is 35.4 Å². The highest BCUT2D eigenvalue weighted by atomic mass is 27.3. The molecule has 1 radical (unpaired) electrons. The lowest BCUT2D eigenvalue weighted by atomic mass is 10.1. The van der Waals surface area contributed by atoms with E-state index < -0.39 is 21.0 Å². The van der Waals surface area contributed by atoms with Crippen molar-refractivity contribution in [2.24, 2.45) is 0 Å². The Balaban J connectivity index is 0.000000221. The molecule has 11 heteroatoms. The Morgan fingerprint density at radius 2 is 1.10 bits per heavy atom. The molecule has 42 heavy (non-hydrogen) atoms. The molecular weight excluding hydrogens is 572 g/mol. The van der Waals surface area contributed by atoms with E-state index in [1.54, 1.807) is 54.9 Å². The molecule has 0 saturated heterocycles. The maximum Gasteiger partial charge on any atom is 0.906 e. The van der Waals surface area contributed by atoms with Crippen LogP contribution in [0.15, 0.2) is 85.2 Å². The Morgan fingerprint density at radius 3 is 1.50 bits per heavy atom. The van der Waals surface area contributed by atoms with Crippen LogP contribution in [0.3, 0.4) is 0 Å². The Kier molecular flexibility index (Phi) is 15.7. The highest BCUT2D eigenvalue weighted by Gasteiger charge is 2.34. The first-order valence-corrected chi connectivity index (χ1v) is 15.5. The van der Waals surface area contributed by atoms with Gasteiger partial charge in [-0.05, 0) is 90.1 Å². The Morgan fingerprint density at radius 1 is 0.643 bits per heavy atom. The topological polar surface area (TPSA) is 82.9 Å². The predicted molar refractivity (Wildman–Crippen MR) is 163 cm³/mol. The average Bonchev–Trinajstić information content (AvgIpc) is 2.93. The van der Waals surface area contributed by atoms with Crippen molar-refractivity contribution in [2.45, 2.75) is 59.9 Å². The van der Waals surface area contributed by atoms with Gasteiger partial charge in [-0.15, -0.1) is 0 Å². The molecule has 0 atom stereocenters. The van der Waals surface area contributed by atoms with Crippen molar-refractivity contribution in [2.75, 3.05) is 0 Å². The van der Waals surface area contributed by atoms with Gasteiger partial charge in [-0.2, -0.15) is 0 Å². The molecule has 0 saturated carbocycles. The van der Waals surface area contributed by atoms with E-state index in [1.165, 1.54) is 40.9 Å². The third-order valence-corrected chi connectivity index (χ3v) is 7.73. The zero-order valence-electron chi connectivity index (χ0n) is 24.8. The lowest BCUT2D eigenvalue weighted by Gasteiger charge is -2.19. The van der Waals surface area contributed by atoms with Crippen molar-refractivity contribution in [1.82, 2.24) is 9.97 Å². The Hall–Kier alpha value is -2.86. The van der Waals surface area contributed by atoms with Gasteiger partial charge in [0, 0.05) is 30.7 Å². The van der Waals surface area contributed by atoms with Gasteiger partial charge in [0.15, 0.2) is 0 Å². The molecule has 2 heterocycles. The van der Waals surface area contributed by atoms with Crippen LogP contribution in [-0.4, -0.2) is 65.2 Å². The van der Waals surface area contributed by atoms with E-state index in [2.05, 4.69) is 9.97 Å². The van der Waals surface area contributed by atoms with Crippen molar-refractivity contribution < 1.29 is 29.0 Å². The van der Waals surface area contributed by atoms with Gasteiger partial charge in [0.2, 0.25) is 0 Å². The summed E-state index contributed by atoms with van der Waals surface area (Å²) in [4.78, 5) is 8.07. The molecular formula is C31H37Al2F2N2O5. The fourth-order valence-corrected chi connectivity index (χ4v) is 5.19. The molecule has 7 nitrogen and oxygen atoms in total. The number of phenolic OH excluding ortho intramolecular Hbond substituents is 1. The van der Waals surface area contributed by atoms with E-state index >= 15 is 0 Å². The fourth-order valence-electron chi connectivity index (χ4n) is 3.42. The molecule has 0 spiro atoms. The zero-order chi connectivity index (χ0) is 31.1. The first-order valence-electron chi connectivity index (χ1n) is 13.5. The van der Waals surface area contributed by atoms with Crippen molar-refractivity contribution in [1.29, 1.82) is 0 Å². The van der Waals surface area contributed by atoms with Crippen molar-refractivity contribution >= 4 is 31.8 Å². The number of hydrogen-bond donors (Lipinski definition) is 1. The van der Waals surface area contributed by atoms with Gasteiger partial charge < -0.3 is 20.3 Å². The van der Waals surface area contributed by atoms with Crippen molar-refractivity contribution in [3.05, 3.63) is 96.8 Å². The van der Waals surface area contributed by atoms with E-state index in [9.17, 15) is 13.9 Å². The van der Waals surface area contributed by atoms with E-state index in [1.807, 2.05) is 47.6 Å². The molecule has 2 aromatic carbocycles. The normalized spacial score (nSPS) is 10.5. The van der Waals surface area contributed by atoms with Crippen LogP contribution in [0.5, 0.6) is 11.5 Å². The molecule has 0 amide bonds. The lowest BCUT2D eigenvalue weighted by molar-refractivity contribution is 0.0335. The van der Waals surface area contributed by atoms with Crippen LogP contribution in [-0.2, 0) is 11.4 Å². The second-order valence-electron chi connectivity index (χ2n) is 9.66. The van der Waals surface area contributed by atoms with E-state index in [0.29, 0.717) is 22.7 Å². The SMILES string of the molecule is CC(C)[O][Al]([O]C(C)C)[O]C(C)C.Fc1cccc([O][AlH])c1-c1ccccn1.Oc1cccc(F)c1-c1ccccn1. The molecule has 0 unspecified atom stereocenters. The van der Waals surface area contributed by atoms with Crippen molar-refractivity contribution in [3.63, 3.8) is 0 Å². The summed E-state index contributed by atoms with van der Waals surface area (Å²) in [6, 6.07) is 19.4. The van der Waals surface area contributed by atoms with Crippen LogP contribution in [0.1, 0.15) is 41.5 Å². The molecule has 1 N–H and O–H groups in total. The molecule has 2 aromatic heterocycles. The predicted octanol–water partition coefficient (Wildman–Crippen LogP) is 6.92. The number of benzene rings is 2. The summed E-state index contributed by atoms with van der Waals surface area (Å²) in [6.07, 6.45) is 3.71. The van der Waals surface area contributed by atoms with Gasteiger partial charge in [-0.3, -0.25) is 9.97 Å². The average molecular weight is 610 g/mol. The monoisotopic (exact) mass is 609 g/mol. The minimum absolute atomic E-state index is 0.0938. The van der Waals surface area contributed by atoms with Crippen LogP contribution in [0.4, 0.5) is 8.78 Å². The minimum Gasteiger partial charge on any atom is -0.650 e. The second kappa shape index (κ2) is 18.6. The molecule has 0 bridgehead atoms. The first-order chi connectivity index (χ1) is 20.0. The number of aromatic nitrogens is 2. The van der Waals surface area contributed by atoms with Gasteiger partial charge in [0.1, 0.15) is 17.4 Å². The standard InChI is InChI=1S/2C11H8FNO.3C3H7O.2Al.H/c2*12-8-4-3-6-10(14)11(8)9-5-1-2-7-13-9;3*1-3(2)4;;;/h2*1-7,14H;3*3H,1-2H3;;;/q;;3*-1;+1;+3;/p-1. The maximum absolute atomic E-state index is 13.6. The third kappa shape index (κ3) is 12.2. The number of pyridine rings is 2. The minimum atomic E-state index is -1.91. The van der Waals surface area contributed by atoms with Gasteiger partial charge >= 0.3 is 31.8 Å². The van der Waals surface area contributed by atoms with Crippen LogP contribution in [0.2, 0.25) is 0 Å². The number of rotatable bonds is 9. The first kappa shape index (κ1) is 35.3. The second-order valence-corrected chi connectivity index (χ2v) is 11.3. The summed E-state index contributed by atoms with van der Waals surface area (Å²) in [5.74, 6) is -0.378. The number of halogens is 2. The zero-order valence-corrected chi connectivity index (χ0v) is 27.4. The smallest absolute Gasteiger partial charge is 0.650 e. The molecule has 0 fully saturated rings. The van der Waals surface area contributed by atoms with Crippen LogP contribution in [0.25, 0.3) is 22.5 Å². The summed E-state index contributed by atoms with van der Waals surface area (Å²) < 4.78 is 48.8. The summed E-state index contributed by atoms with van der Waals surface area (Å²) in [6.45, 7) is 12.0. The molecule has 0 aliphatic carbocycles. The summed E-state index contributed by atoms with van der Waals surface area (Å²) in [5.41, 5.74) is 1.57. The lowest BCUT2D eigenvalue weighted by Crippen LogP contribution is -2.34. The summed E-state index contributed by atoms with van der Waals surface area (Å²) in [7, 11) is 0. The molecule has 4 rings (SSSR count). The van der Waals surface area contributed by atoms with Crippen LogP contribution >= 0.6 is 0 Å². The van der Waals surface area contributed by atoms with E-state index in [4.69, 9.17) is 15.2 Å². The Labute approximate surface area is 260 Å². The highest BCUT2D eigenvalue weighted by molar-refractivity contribution is 6.36. The summed E-state index contributed by atoms with van der Waals surface area (Å²) >= 11 is -0.589. The largest absolute Gasteiger partial charge is 0.906 e. The molecule has 221 valence electrons. The molecule has 0 aliphatic heterocycles. The number of aromatic hydroxyl groups is 1. The number of phenols is 1. The quantitative estimate of drug-likeness (QED) is 0.206. The molecule has 0 aliphatic rings. The van der Waals surface area contributed by atoms with Gasteiger partial charge in [-0.25, -0.2) is 8.78 Å². The number of hydrogen-bond acceptors (Lipinski definition) is 7. The summed E-state index contributed by atoms with van der Waals surface area (Å²) in [5, 5.41) is 9.46. The fraction of sp³-hybridized carbons (Fsp3) is 0.290. The molecule has 4 aromatic rings.